The number of nitro groups is 1. The predicted octanol–water partition coefficient (Wildman–Crippen LogP) is 2.35. The van der Waals surface area contributed by atoms with Crippen molar-refractivity contribution in [1.29, 1.82) is 0 Å². The van der Waals surface area contributed by atoms with Crippen LogP contribution >= 0.6 is 0 Å². The predicted molar refractivity (Wildman–Crippen MR) is 67.4 cm³/mol. The Morgan fingerprint density at radius 1 is 1.33 bits per heavy atom. The zero-order valence-electron chi connectivity index (χ0n) is 10.6. The average Bonchev–Trinajstić information content (AvgIpc) is 2.24. The Labute approximate surface area is 105 Å². The van der Waals surface area contributed by atoms with Gasteiger partial charge in [-0.05, 0) is 32.9 Å². The molecule has 0 fully saturated rings. The number of non-ortho nitro benzene ring substituents is 1. The number of carbonyl (C=O) groups is 1. The number of ether oxygens (including phenoxy) is 1. The Hall–Kier alpha value is -2.11. The van der Waals surface area contributed by atoms with Gasteiger partial charge in [-0.25, -0.2) is 0 Å². The standard InChI is InChI=1S/C12H16N2O4/c1-12(2,3)18-11(15)8-13-9-4-6-10(7-5-9)14(16)17/h4-7,13H,8H2,1-3H3. The minimum absolute atomic E-state index is 0.0119. The van der Waals surface area contributed by atoms with Crippen LogP contribution in [0, 0.1) is 10.1 Å². The number of nitrogens with zero attached hydrogens (tertiary/aromatic N) is 1. The van der Waals surface area contributed by atoms with E-state index < -0.39 is 10.5 Å². The first-order chi connectivity index (χ1) is 8.28. The average molecular weight is 252 g/mol. The second-order valence-electron chi connectivity index (χ2n) is 4.74. The molecule has 6 heteroatoms. The van der Waals surface area contributed by atoms with Crippen molar-refractivity contribution in [3.8, 4) is 0 Å². The Bertz CT molecular complexity index is 434. The van der Waals surface area contributed by atoms with Crippen molar-refractivity contribution in [2.24, 2.45) is 0 Å². The Balaban J connectivity index is 2.49. The van der Waals surface area contributed by atoms with Crippen molar-refractivity contribution in [2.75, 3.05) is 11.9 Å². The highest BCUT2D eigenvalue weighted by atomic mass is 16.6. The van der Waals surface area contributed by atoms with Gasteiger partial charge in [0.25, 0.3) is 5.69 Å². The Morgan fingerprint density at radius 2 is 1.89 bits per heavy atom. The minimum Gasteiger partial charge on any atom is -0.459 e. The SMILES string of the molecule is CC(C)(C)OC(=O)CNc1ccc([N+](=O)[O-])cc1. The van der Waals surface area contributed by atoms with Crippen LogP contribution in [0.1, 0.15) is 20.8 Å². The van der Waals surface area contributed by atoms with E-state index >= 15 is 0 Å². The molecule has 1 aromatic rings. The summed E-state index contributed by atoms with van der Waals surface area (Å²) in [6, 6.07) is 5.83. The summed E-state index contributed by atoms with van der Waals surface area (Å²) < 4.78 is 5.11. The normalized spacial score (nSPS) is 10.8. The smallest absolute Gasteiger partial charge is 0.325 e. The summed E-state index contributed by atoms with van der Waals surface area (Å²) in [6.07, 6.45) is 0. The van der Waals surface area contributed by atoms with E-state index in [0.29, 0.717) is 5.69 Å². The molecule has 1 aromatic carbocycles. The molecule has 0 aliphatic carbocycles. The summed E-state index contributed by atoms with van der Waals surface area (Å²) in [4.78, 5) is 21.4. The van der Waals surface area contributed by atoms with Gasteiger partial charge in [-0.2, -0.15) is 0 Å². The van der Waals surface area contributed by atoms with E-state index in [0.717, 1.165) is 0 Å². The zero-order valence-corrected chi connectivity index (χ0v) is 10.6. The maximum atomic E-state index is 11.4. The molecule has 6 nitrogen and oxygen atoms in total. The Kier molecular flexibility index (Phi) is 4.25. The van der Waals surface area contributed by atoms with Crippen molar-refractivity contribution >= 4 is 17.3 Å². The summed E-state index contributed by atoms with van der Waals surface area (Å²) in [7, 11) is 0. The second-order valence-corrected chi connectivity index (χ2v) is 4.74. The molecule has 0 amide bonds. The molecule has 0 aliphatic heterocycles. The molecule has 1 N–H and O–H groups in total. The number of nitro benzene ring substituents is 1. The Morgan fingerprint density at radius 3 is 2.33 bits per heavy atom. The third-order valence-corrected chi connectivity index (χ3v) is 1.93. The van der Waals surface area contributed by atoms with Crippen molar-refractivity contribution < 1.29 is 14.5 Å². The molecule has 0 radical (unpaired) electrons. The number of esters is 1. The fourth-order valence-electron chi connectivity index (χ4n) is 1.25. The van der Waals surface area contributed by atoms with Crippen molar-refractivity contribution in [3.05, 3.63) is 34.4 Å². The highest BCUT2D eigenvalue weighted by molar-refractivity contribution is 5.75. The molecule has 0 spiro atoms. The van der Waals surface area contributed by atoms with Crippen molar-refractivity contribution in [1.82, 2.24) is 0 Å². The van der Waals surface area contributed by atoms with Crippen LogP contribution in [-0.4, -0.2) is 23.0 Å². The van der Waals surface area contributed by atoms with E-state index in [9.17, 15) is 14.9 Å². The number of hydrogen-bond donors (Lipinski definition) is 1. The highest BCUT2D eigenvalue weighted by Gasteiger charge is 2.15. The van der Waals surface area contributed by atoms with Gasteiger partial charge in [0.1, 0.15) is 12.1 Å². The number of nitrogens with one attached hydrogen (secondary N) is 1. The van der Waals surface area contributed by atoms with Gasteiger partial charge in [0.15, 0.2) is 0 Å². The van der Waals surface area contributed by atoms with Gasteiger partial charge in [-0.15, -0.1) is 0 Å². The molecule has 0 aliphatic rings. The first-order valence-corrected chi connectivity index (χ1v) is 5.48. The lowest BCUT2D eigenvalue weighted by molar-refractivity contribution is -0.384. The van der Waals surface area contributed by atoms with E-state index in [4.69, 9.17) is 4.74 Å². The molecule has 0 saturated heterocycles. The van der Waals surface area contributed by atoms with E-state index in [1.807, 2.05) is 0 Å². The van der Waals surface area contributed by atoms with E-state index in [1.165, 1.54) is 12.1 Å². The van der Waals surface area contributed by atoms with Crippen LogP contribution in [0.3, 0.4) is 0 Å². The summed E-state index contributed by atoms with van der Waals surface area (Å²) in [5.41, 5.74) is 0.123. The van der Waals surface area contributed by atoms with Crippen LogP contribution in [0.2, 0.25) is 0 Å². The largest absolute Gasteiger partial charge is 0.459 e. The fraction of sp³-hybridized carbons (Fsp3) is 0.417. The zero-order chi connectivity index (χ0) is 13.8. The molecule has 0 atom stereocenters. The van der Waals surface area contributed by atoms with Gasteiger partial charge in [0.05, 0.1) is 4.92 Å². The molecule has 1 rings (SSSR count). The number of rotatable bonds is 4. The summed E-state index contributed by atoms with van der Waals surface area (Å²) in [5.74, 6) is -0.374. The van der Waals surface area contributed by atoms with Crippen molar-refractivity contribution in [2.45, 2.75) is 26.4 Å². The molecule has 0 aromatic heterocycles. The molecular formula is C12H16N2O4. The van der Waals surface area contributed by atoms with Crippen LogP contribution in [-0.2, 0) is 9.53 Å². The van der Waals surface area contributed by atoms with Crippen LogP contribution in [0.25, 0.3) is 0 Å². The van der Waals surface area contributed by atoms with Crippen molar-refractivity contribution in [3.63, 3.8) is 0 Å². The summed E-state index contributed by atoms with van der Waals surface area (Å²) in [6.45, 7) is 5.39. The van der Waals surface area contributed by atoms with E-state index in [-0.39, 0.29) is 18.2 Å². The third kappa shape index (κ3) is 4.82. The van der Waals surface area contributed by atoms with Crippen LogP contribution in [0.15, 0.2) is 24.3 Å². The van der Waals surface area contributed by atoms with Crippen LogP contribution < -0.4 is 5.32 Å². The van der Waals surface area contributed by atoms with Gasteiger partial charge in [-0.1, -0.05) is 0 Å². The maximum absolute atomic E-state index is 11.4. The molecule has 98 valence electrons. The van der Waals surface area contributed by atoms with E-state index in [1.54, 1.807) is 32.9 Å². The van der Waals surface area contributed by atoms with Gasteiger partial charge in [-0.3, -0.25) is 14.9 Å². The maximum Gasteiger partial charge on any atom is 0.325 e. The quantitative estimate of drug-likeness (QED) is 0.505. The van der Waals surface area contributed by atoms with E-state index in [2.05, 4.69) is 5.32 Å². The van der Waals surface area contributed by atoms with Crippen LogP contribution in [0.5, 0.6) is 0 Å². The summed E-state index contributed by atoms with van der Waals surface area (Å²) >= 11 is 0. The lowest BCUT2D eigenvalue weighted by Crippen LogP contribution is -2.28. The highest BCUT2D eigenvalue weighted by Crippen LogP contribution is 2.15. The monoisotopic (exact) mass is 252 g/mol. The van der Waals surface area contributed by atoms with Gasteiger partial charge >= 0.3 is 5.97 Å². The molecule has 0 unspecified atom stereocenters. The molecule has 0 heterocycles. The molecular weight excluding hydrogens is 236 g/mol. The van der Waals surface area contributed by atoms with Crippen LogP contribution in [0.4, 0.5) is 11.4 Å². The number of anilines is 1. The molecule has 0 saturated carbocycles. The first-order valence-electron chi connectivity index (χ1n) is 5.48. The molecule has 18 heavy (non-hydrogen) atoms. The lowest BCUT2D eigenvalue weighted by atomic mass is 10.2. The number of carbonyl (C=O) groups excluding carboxylic acids is 1. The minimum atomic E-state index is -0.520. The fourth-order valence-corrected chi connectivity index (χ4v) is 1.25. The second kappa shape index (κ2) is 5.48. The topological polar surface area (TPSA) is 81.5 Å². The number of hydrogen-bond acceptors (Lipinski definition) is 5. The third-order valence-electron chi connectivity index (χ3n) is 1.93. The number of benzene rings is 1. The van der Waals surface area contributed by atoms with Gasteiger partial charge in [0, 0.05) is 17.8 Å². The summed E-state index contributed by atoms with van der Waals surface area (Å²) in [5, 5.41) is 13.3. The van der Waals surface area contributed by atoms with Gasteiger partial charge in [0.2, 0.25) is 0 Å². The lowest BCUT2D eigenvalue weighted by Gasteiger charge is -2.19. The van der Waals surface area contributed by atoms with Gasteiger partial charge < -0.3 is 10.1 Å². The first kappa shape index (κ1) is 14.0. The molecule has 0 bridgehead atoms.